The van der Waals surface area contributed by atoms with Crippen molar-refractivity contribution in [1.82, 2.24) is 5.01 Å². The van der Waals surface area contributed by atoms with E-state index in [0.717, 1.165) is 18.6 Å². The zero-order valence-electron chi connectivity index (χ0n) is 13.2. The third-order valence-corrected chi connectivity index (χ3v) is 3.66. The van der Waals surface area contributed by atoms with Crippen molar-refractivity contribution in [3.63, 3.8) is 0 Å². The molecule has 20 heavy (non-hydrogen) atoms. The summed E-state index contributed by atoms with van der Waals surface area (Å²) in [6.45, 7) is 6.49. The standard InChI is InChI=1S/C18H24N2/c1-6-14-8-9-16-11-15(7-2)18(12-17(16)10-14)13(3)19-20(4)5/h8-12H,6-7H2,1-5H3/b19-13+. The summed E-state index contributed by atoms with van der Waals surface area (Å²) in [6.07, 6.45) is 2.10. The minimum Gasteiger partial charge on any atom is -0.303 e. The Hall–Kier alpha value is -1.83. The maximum absolute atomic E-state index is 4.56. The van der Waals surface area contributed by atoms with Gasteiger partial charge in [0.1, 0.15) is 0 Å². The van der Waals surface area contributed by atoms with Gasteiger partial charge < -0.3 is 5.01 Å². The highest BCUT2D eigenvalue weighted by Gasteiger charge is 2.07. The van der Waals surface area contributed by atoms with Gasteiger partial charge in [0.05, 0.1) is 5.71 Å². The van der Waals surface area contributed by atoms with E-state index in [1.165, 1.54) is 27.5 Å². The third-order valence-electron chi connectivity index (χ3n) is 3.66. The van der Waals surface area contributed by atoms with Crippen molar-refractivity contribution >= 4 is 16.5 Å². The lowest BCUT2D eigenvalue weighted by atomic mass is 9.95. The van der Waals surface area contributed by atoms with Crippen LogP contribution < -0.4 is 0 Å². The van der Waals surface area contributed by atoms with E-state index < -0.39 is 0 Å². The Bertz CT molecular complexity index is 639. The van der Waals surface area contributed by atoms with E-state index in [1.807, 2.05) is 19.1 Å². The van der Waals surface area contributed by atoms with Crippen LogP contribution >= 0.6 is 0 Å². The number of hydrogen-bond acceptors (Lipinski definition) is 2. The molecule has 106 valence electrons. The van der Waals surface area contributed by atoms with Gasteiger partial charge in [0.15, 0.2) is 0 Å². The normalized spacial score (nSPS) is 11.9. The number of hydrogen-bond donors (Lipinski definition) is 0. The number of fused-ring (bicyclic) bond motifs is 1. The summed E-state index contributed by atoms with van der Waals surface area (Å²) in [5.41, 5.74) is 5.09. The van der Waals surface area contributed by atoms with Crippen LogP contribution in [0.1, 0.15) is 37.5 Å². The lowest BCUT2D eigenvalue weighted by molar-refractivity contribution is 0.438. The molecule has 0 aromatic heterocycles. The zero-order chi connectivity index (χ0) is 14.7. The number of aryl methyl sites for hydroxylation is 2. The Labute approximate surface area is 122 Å². The molecule has 2 aromatic carbocycles. The van der Waals surface area contributed by atoms with Crippen LogP contribution in [0.3, 0.4) is 0 Å². The first-order chi connectivity index (χ1) is 9.55. The lowest BCUT2D eigenvalue weighted by Gasteiger charge is -2.13. The molecule has 0 spiro atoms. The molecule has 0 fully saturated rings. The topological polar surface area (TPSA) is 15.6 Å². The summed E-state index contributed by atoms with van der Waals surface area (Å²) >= 11 is 0. The molecule has 0 aliphatic rings. The van der Waals surface area contributed by atoms with Crippen molar-refractivity contribution < 1.29 is 0 Å². The van der Waals surface area contributed by atoms with Crippen molar-refractivity contribution in [2.45, 2.75) is 33.6 Å². The fourth-order valence-electron chi connectivity index (χ4n) is 2.60. The molecule has 0 aliphatic carbocycles. The number of rotatable bonds is 4. The van der Waals surface area contributed by atoms with Crippen LogP contribution in [0.25, 0.3) is 10.8 Å². The first-order valence-electron chi connectivity index (χ1n) is 7.33. The van der Waals surface area contributed by atoms with Gasteiger partial charge in [0.2, 0.25) is 0 Å². The number of nitrogens with zero attached hydrogens (tertiary/aromatic N) is 2. The predicted octanol–water partition coefficient (Wildman–Crippen LogP) is 4.25. The molecule has 2 nitrogen and oxygen atoms in total. The Balaban J connectivity index is 2.62. The van der Waals surface area contributed by atoms with Gasteiger partial charge in [-0.25, -0.2) is 0 Å². The monoisotopic (exact) mass is 268 g/mol. The van der Waals surface area contributed by atoms with E-state index in [0.29, 0.717) is 0 Å². The minimum absolute atomic E-state index is 1.03. The molecule has 2 heteroatoms. The fraction of sp³-hybridized carbons (Fsp3) is 0.389. The van der Waals surface area contributed by atoms with Crippen LogP contribution in [0.15, 0.2) is 35.4 Å². The first kappa shape index (κ1) is 14.6. The van der Waals surface area contributed by atoms with Gasteiger partial charge in [-0.1, -0.05) is 38.1 Å². The SMILES string of the molecule is CCc1ccc2cc(CC)c(/C(C)=N/N(C)C)cc2c1. The van der Waals surface area contributed by atoms with E-state index in [4.69, 9.17) is 0 Å². The van der Waals surface area contributed by atoms with Crippen molar-refractivity contribution in [2.24, 2.45) is 5.10 Å². The van der Waals surface area contributed by atoms with Crippen LogP contribution in [0.4, 0.5) is 0 Å². The summed E-state index contributed by atoms with van der Waals surface area (Å²) in [5, 5.41) is 9.05. The van der Waals surface area contributed by atoms with Gasteiger partial charge in [-0.15, -0.1) is 0 Å². The Morgan fingerprint density at radius 1 is 1.00 bits per heavy atom. The van der Waals surface area contributed by atoms with Gasteiger partial charge >= 0.3 is 0 Å². The van der Waals surface area contributed by atoms with Crippen LogP contribution in [0, 0.1) is 0 Å². The van der Waals surface area contributed by atoms with Gasteiger partial charge in [-0.3, -0.25) is 0 Å². The van der Waals surface area contributed by atoms with Crippen molar-refractivity contribution in [3.05, 3.63) is 47.0 Å². The average Bonchev–Trinajstić information content (AvgIpc) is 2.44. The van der Waals surface area contributed by atoms with Crippen molar-refractivity contribution in [3.8, 4) is 0 Å². The molecule has 0 saturated heterocycles. The smallest absolute Gasteiger partial charge is 0.0649 e. The molecule has 0 heterocycles. The Morgan fingerprint density at radius 2 is 1.75 bits per heavy atom. The molecule has 0 bridgehead atoms. The maximum Gasteiger partial charge on any atom is 0.0649 e. The molecule has 0 radical (unpaired) electrons. The van der Waals surface area contributed by atoms with E-state index in [2.05, 4.69) is 56.2 Å². The largest absolute Gasteiger partial charge is 0.303 e. The molecule has 0 N–H and O–H groups in total. The fourth-order valence-corrected chi connectivity index (χ4v) is 2.60. The highest BCUT2D eigenvalue weighted by Crippen LogP contribution is 2.23. The predicted molar refractivity (Wildman–Crippen MR) is 88.6 cm³/mol. The van der Waals surface area contributed by atoms with Gasteiger partial charge in [-0.2, -0.15) is 5.10 Å². The van der Waals surface area contributed by atoms with Crippen LogP contribution in [-0.4, -0.2) is 24.8 Å². The summed E-state index contributed by atoms with van der Waals surface area (Å²) in [4.78, 5) is 0. The summed E-state index contributed by atoms with van der Waals surface area (Å²) in [5.74, 6) is 0. The second kappa shape index (κ2) is 6.08. The quantitative estimate of drug-likeness (QED) is 0.598. The molecule has 0 atom stereocenters. The second-order valence-corrected chi connectivity index (χ2v) is 5.43. The van der Waals surface area contributed by atoms with Crippen molar-refractivity contribution in [1.29, 1.82) is 0 Å². The van der Waals surface area contributed by atoms with Gasteiger partial charge in [0, 0.05) is 19.7 Å². The van der Waals surface area contributed by atoms with E-state index in [1.54, 1.807) is 0 Å². The summed E-state index contributed by atoms with van der Waals surface area (Å²) in [7, 11) is 3.93. The lowest BCUT2D eigenvalue weighted by Crippen LogP contribution is -2.09. The highest BCUT2D eigenvalue weighted by molar-refractivity contribution is 6.03. The third kappa shape index (κ3) is 3.01. The van der Waals surface area contributed by atoms with Crippen LogP contribution in [0.5, 0.6) is 0 Å². The number of benzene rings is 2. The molecule has 0 aliphatic heterocycles. The summed E-state index contributed by atoms with van der Waals surface area (Å²) in [6, 6.07) is 11.3. The first-order valence-corrected chi connectivity index (χ1v) is 7.33. The molecule has 0 unspecified atom stereocenters. The molecule has 0 amide bonds. The Morgan fingerprint density at radius 3 is 2.35 bits per heavy atom. The van der Waals surface area contributed by atoms with E-state index in [-0.39, 0.29) is 0 Å². The van der Waals surface area contributed by atoms with Crippen molar-refractivity contribution in [2.75, 3.05) is 14.1 Å². The van der Waals surface area contributed by atoms with Gasteiger partial charge in [0.25, 0.3) is 0 Å². The van der Waals surface area contributed by atoms with Crippen LogP contribution in [-0.2, 0) is 12.8 Å². The molecule has 2 aromatic rings. The Kier molecular flexibility index (Phi) is 4.43. The molecule has 2 rings (SSSR count). The maximum atomic E-state index is 4.56. The van der Waals surface area contributed by atoms with Crippen LogP contribution in [0.2, 0.25) is 0 Å². The zero-order valence-corrected chi connectivity index (χ0v) is 13.2. The molecular formula is C18H24N2. The second-order valence-electron chi connectivity index (χ2n) is 5.43. The minimum atomic E-state index is 1.03. The average molecular weight is 268 g/mol. The van der Waals surface area contributed by atoms with E-state index in [9.17, 15) is 0 Å². The molecular weight excluding hydrogens is 244 g/mol. The summed E-state index contributed by atoms with van der Waals surface area (Å²) < 4.78 is 0. The van der Waals surface area contributed by atoms with Gasteiger partial charge in [-0.05, 0) is 47.7 Å². The number of hydrazone groups is 1. The molecule has 0 saturated carbocycles. The van der Waals surface area contributed by atoms with E-state index >= 15 is 0 Å². The highest BCUT2D eigenvalue weighted by atomic mass is 15.4.